The van der Waals surface area contributed by atoms with E-state index in [0.29, 0.717) is 0 Å². The van der Waals surface area contributed by atoms with Crippen molar-refractivity contribution in [2.24, 2.45) is 4.99 Å². The molecular weight excluding hydrogens is 486 g/mol. The average Bonchev–Trinajstić information content (AvgIpc) is 2.88. The molecule has 4 aromatic rings. The maximum absolute atomic E-state index is 13.5. The fourth-order valence-corrected chi connectivity index (χ4v) is 4.47. The summed E-state index contributed by atoms with van der Waals surface area (Å²) < 4.78 is 6.52. The summed E-state index contributed by atoms with van der Waals surface area (Å²) in [5, 5.41) is 0. The van der Waals surface area contributed by atoms with Crippen molar-refractivity contribution in [2.45, 2.75) is 18.9 Å². The first-order valence-corrected chi connectivity index (χ1v) is 12.1. The monoisotopic (exact) mass is 511 g/mol. The molecule has 34 heavy (non-hydrogen) atoms. The Morgan fingerprint density at radius 2 is 1.29 bits per heavy atom. The molecule has 170 valence electrons. The van der Waals surface area contributed by atoms with E-state index in [-0.39, 0.29) is 18.5 Å². The van der Waals surface area contributed by atoms with Gasteiger partial charge in [0.2, 0.25) is 0 Å². The Morgan fingerprint density at radius 1 is 0.765 bits per heavy atom. The highest BCUT2D eigenvalue weighted by Gasteiger charge is 2.33. The molecule has 0 fully saturated rings. The SMILES string of the molecule is CCOC(=O)C(N=C(c1ccccc1)c1ccccc1)C(c1ccccc1)c1cccc(Br)c1. The van der Waals surface area contributed by atoms with Gasteiger partial charge >= 0.3 is 5.97 Å². The third kappa shape index (κ3) is 5.70. The lowest BCUT2D eigenvalue weighted by Crippen LogP contribution is -2.31. The Kier molecular flexibility index (Phi) is 8.05. The van der Waals surface area contributed by atoms with E-state index in [4.69, 9.17) is 9.73 Å². The molecule has 4 heteroatoms. The van der Waals surface area contributed by atoms with Crippen molar-refractivity contribution in [3.63, 3.8) is 0 Å². The van der Waals surface area contributed by atoms with Gasteiger partial charge in [0, 0.05) is 21.5 Å². The summed E-state index contributed by atoms with van der Waals surface area (Å²) in [6, 6.07) is 37.3. The van der Waals surface area contributed by atoms with Crippen LogP contribution in [0.3, 0.4) is 0 Å². The lowest BCUT2D eigenvalue weighted by atomic mass is 9.85. The molecular formula is C30H26BrNO2. The summed E-state index contributed by atoms with van der Waals surface area (Å²) >= 11 is 3.59. The van der Waals surface area contributed by atoms with Crippen LogP contribution in [0.1, 0.15) is 35.1 Å². The molecule has 0 aromatic heterocycles. The Labute approximate surface area is 209 Å². The van der Waals surface area contributed by atoms with Gasteiger partial charge in [0.25, 0.3) is 0 Å². The minimum absolute atomic E-state index is 0.289. The summed E-state index contributed by atoms with van der Waals surface area (Å²) in [5.74, 6) is -0.666. The highest BCUT2D eigenvalue weighted by Crippen LogP contribution is 2.33. The zero-order valence-electron chi connectivity index (χ0n) is 19.0. The smallest absolute Gasteiger partial charge is 0.331 e. The van der Waals surface area contributed by atoms with Crippen molar-refractivity contribution in [3.8, 4) is 0 Å². The van der Waals surface area contributed by atoms with Gasteiger partial charge in [-0.1, -0.05) is 119 Å². The molecule has 0 saturated carbocycles. The zero-order chi connectivity index (χ0) is 23.8. The first-order chi connectivity index (χ1) is 16.7. The van der Waals surface area contributed by atoms with Crippen LogP contribution >= 0.6 is 15.9 Å². The first kappa shape index (κ1) is 23.7. The van der Waals surface area contributed by atoms with Crippen molar-refractivity contribution in [3.05, 3.63) is 142 Å². The number of halogens is 1. The molecule has 3 nitrogen and oxygen atoms in total. The minimum atomic E-state index is -0.771. The van der Waals surface area contributed by atoms with Crippen LogP contribution in [0.15, 0.2) is 125 Å². The van der Waals surface area contributed by atoms with E-state index in [9.17, 15) is 4.79 Å². The number of rotatable bonds is 8. The maximum atomic E-state index is 13.5. The molecule has 0 bridgehead atoms. The highest BCUT2D eigenvalue weighted by molar-refractivity contribution is 9.10. The lowest BCUT2D eigenvalue weighted by molar-refractivity contribution is -0.144. The molecule has 4 rings (SSSR count). The number of ether oxygens (including phenoxy) is 1. The second-order valence-electron chi connectivity index (χ2n) is 7.85. The van der Waals surface area contributed by atoms with E-state index >= 15 is 0 Å². The molecule has 0 aliphatic rings. The minimum Gasteiger partial charge on any atom is -0.464 e. The summed E-state index contributed by atoms with van der Waals surface area (Å²) in [6.07, 6.45) is 0. The van der Waals surface area contributed by atoms with E-state index in [1.807, 2.05) is 122 Å². The van der Waals surface area contributed by atoms with Crippen LogP contribution < -0.4 is 0 Å². The third-order valence-electron chi connectivity index (χ3n) is 5.57. The van der Waals surface area contributed by atoms with Crippen LogP contribution in [-0.4, -0.2) is 24.3 Å². The predicted octanol–water partition coefficient (Wildman–Crippen LogP) is 7.05. The van der Waals surface area contributed by atoms with E-state index in [2.05, 4.69) is 15.9 Å². The highest BCUT2D eigenvalue weighted by atomic mass is 79.9. The van der Waals surface area contributed by atoms with Crippen LogP contribution in [0.4, 0.5) is 0 Å². The Bertz CT molecular complexity index is 1200. The van der Waals surface area contributed by atoms with Gasteiger partial charge in [-0.3, -0.25) is 4.99 Å². The number of carbonyl (C=O) groups excluding carboxylic acids is 1. The lowest BCUT2D eigenvalue weighted by Gasteiger charge is -2.25. The number of carbonyl (C=O) groups is 1. The van der Waals surface area contributed by atoms with Crippen LogP contribution in [0.25, 0.3) is 0 Å². The van der Waals surface area contributed by atoms with Crippen molar-refractivity contribution >= 4 is 27.6 Å². The Hall–Kier alpha value is -3.50. The second kappa shape index (κ2) is 11.6. The number of aliphatic imine (C=N–C) groups is 1. The van der Waals surface area contributed by atoms with E-state index in [1.165, 1.54) is 0 Å². The zero-order valence-corrected chi connectivity index (χ0v) is 20.6. The van der Waals surface area contributed by atoms with Crippen molar-refractivity contribution in [1.82, 2.24) is 0 Å². The molecule has 0 N–H and O–H groups in total. The standard InChI is InChI=1S/C30H26BrNO2/c1-2-34-30(33)29(27(22-13-6-3-7-14-22)25-19-12-20-26(31)21-25)32-28(23-15-8-4-9-16-23)24-17-10-5-11-18-24/h3-21,27,29H,2H2,1H3. The van der Waals surface area contributed by atoms with Gasteiger partial charge in [0.05, 0.1) is 12.3 Å². The van der Waals surface area contributed by atoms with Crippen molar-refractivity contribution in [1.29, 1.82) is 0 Å². The number of hydrogen-bond acceptors (Lipinski definition) is 3. The fourth-order valence-electron chi connectivity index (χ4n) is 4.06. The molecule has 2 atom stereocenters. The Balaban J connectivity index is 1.94. The topological polar surface area (TPSA) is 38.7 Å². The second-order valence-corrected chi connectivity index (χ2v) is 8.77. The summed E-state index contributed by atoms with van der Waals surface area (Å²) in [5.41, 5.74) is 4.65. The van der Waals surface area contributed by atoms with E-state index in [1.54, 1.807) is 0 Å². The van der Waals surface area contributed by atoms with Gasteiger partial charge in [-0.25, -0.2) is 4.79 Å². The van der Waals surface area contributed by atoms with E-state index < -0.39 is 6.04 Å². The number of benzene rings is 4. The summed E-state index contributed by atoms with van der Waals surface area (Å²) in [7, 11) is 0. The van der Waals surface area contributed by atoms with E-state index in [0.717, 1.165) is 32.4 Å². The van der Waals surface area contributed by atoms with Gasteiger partial charge in [0.15, 0.2) is 6.04 Å². The predicted molar refractivity (Wildman–Crippen MR) is 141 cm³/mol. The maximum Gasteiger partial charge on any atom is 0.331 e. The number of esters is 1. The quantitative estimate of drug-likeness (QED) is 0.188. The molecule has 2 unspecified atom stereocenters. The van der Waals surface area contributed by atoms with Crippen LogP contribution in [-0.2, 0) is 9.53 Å². The molecule has 4 aromatic carbocycles. The summed E-state index contributed by atoms with van der Waals surface area (Å²) in [4.78, 5) is 18.6. The largest absolute Gasteiger partial charge is 0.464 e. The number of nitrogens with zero attached hydrogens (tertiary/aromatic N) is 1. The molecule has 0 heterocycles. The van der Waals surface area contributed by atoms with Gasteiger partial charge in [-0.05, 0) is 30.2 Å². The molecule has 0 aliphatic heterocycles. The van der Waals surface area contributed by atoms with Crippen molar-refractivity contribution in [2.75, 3.05) is 6.61 Å². The molecule has 0 radical (unpaired) electrons. The normalized spacial score (nSPS) is 12.4. The third-order valence-corrected chi connectivity index (χ3v) is 6.07. The molecule has 0 saturated heterocycles. The van der Waals surface area contributed by atoms with Crippen LogP contribution in [0.5, 0.6) is 0 Å². The average molecular weight is 512 g/mol. The van der Waals surface area contributed by atoms with Gasteiger partial charge in [0.1, 0.15) is 0 Å². The van der Waals surface area contributed by atoms with Crippen molar-refractivity contribution < 1.29 is 9.53 Å². The Morgan fingerprint density at radius 3 is 1.82 bits per heavy atom. The number of hydrogen-bond donors (Lipinski definition) is 0. The van der Waals surface area contributed by atoms with Crippen LogP contribution in [0.2, 0.25) is 0 Å². The molecule has 0 aliphatic carbocycles. The van der Waals surface area contributed by atoms with Gasteiger partial charge in [-0.2, -0.15) is 0 Å². The first-order valence-electron chi connectivity index (χ1n) is 11.3. The van der Waals surface area contributed by atoms with Gasteiger partial charge < -0.3 is 4.74 Å². The fraction of sp³-hybridized carbons (Fsp3) is 0.133. The molecule has 0 amide bonds. The van der Waals surface area contributed by atoms with Crippen LogP contribution in [0, 0.1) is 0 Å². The summed E-state index contributed by atoms with van der Waals surface area (Å²) in [6.45, 7) is 2.11. The molecule has 0 spiro atoms. The van der Waals surface area contributed by atoms with Gasteiger partial charge in [-0.15, -0.1) is 0 Å².